The minimum Gasteiger partial charge on any atom is -0.465 e. The first-order chi connectivity index (χ1) is 14.7. The Kier molecular flexibility index (Phi) is 4.80. The maximum absolute atomic E-state index is 11.7. The number of hydrogen-bond donors (Lipinski definition) is 1. The first-order valence-electron chi connectivity index (χ1n) is 9.92. The van der Waals surface area contributed by atoms with E-state index in [4.69, 9.17) is 9.47 Å². The zero-order valence-corrected chi connectivity index (χ0v) is 16.6. The molecule has 1 aromatic carbocycles. The van der Waals surface area contributed by atoms with Gasteiger partial charge >= 0.3 is 5.97 Å². The molecular formula is C21H22N6O3. The van der Waals surface area contributed by atoms with Crippen molar-refractivity contribution in [3.8, 4) is 0 Å². The van der Waals surface area contributed by atoms with Crippen molar-refractivity contribution in [2.24, 2.45) is 0 Å². The number of methoxy groups -OCH3 is 1. The third kappa shape index (κ3) is 3.37. The van der Waals surface area contributed by atoms with Gasteiger partial charge in [-0.3, -0.25) is 0 Å². The summed E-state index contributed by atoms with van der Waals surface area (Å²) in [5, 5.41) is 5.26. The second kappa shape index (κ2) is 7.75. The molecule has 4 heterocycles. The van der Waals surface area contributed by atoms with E-state index in [9.17, 15) is 4.79 Å². The van der Waals surface area contributed by atoms with Gasteiger partial charge in [-0.1, -0.05) is 0 Å². The quantitative estimate of drug-likeness (QED) is 0.492. The molecule has 30 heavy (non-hydrogen) atoms. The first kappa shape index (κ1) is 18.6. The predicted octanol–water partition coefficient (Wildman–Crippen LogP) is 2.58. The molecule has 9 heteroatoms. The highest BCUT2D eigenvalue weighted by Crippen LogP contribution is 2.26. The van der Waals surface area contributed by atoms with Crippen molar-refractivity contribution < 1.29 is 14.3 Å². The van der Waals surface area contributed by atoms with Crippen LogP contribution in [0, 0.1) is 0 Å². The molecule has 9 nitrogen and oxygen atoms in total. The van der Waals surface area contributed by atoms with Crippen molar-refractivity contribution in [3.05, 3.63) is 54.1 Å². The van der Waals surface area contributed by atoms with Crippen LogP contribution in [-0.4, -0.2) is 56.8 Å². The number of esters is 1. The third-order valence-electron chi connectivity index (χ3n) is 5.50. The maximum atomic E-state index is 11.7. The normalized spacial score (nSPS) is 16.6. The highest BCUT2D eigenvalue weighted by Gasteiger charge is 2.27. The molecule has 1 atom stereocenters. The number of carbonyl (C=O) groups excluding carboxylic acids is 1. The number of hydrogen-bond acceptors (Lipinski definition) is 7. The van der Waals surface area contributed by atoms with Crippen molar-refractivity contribution in [1.82, 2.24) is 24.6 Å². The standard InChI is InChI=1S/C21H22N6O3/c1-29-20(28)14-4-5-18-15(9-14)10-16(25-18)11-30-12-17-3-2-8-26(17)19-6-7-22-21-23-13-24-27(19)21/h4-7,9-10,13,17,25H,2-3,8,11-12H2,1H3. The zero-order valence-electron chi connectivity index (χ0n) is 16.6. The topological polar surface area (TPSA) is 97.6 Å². The van der Waals surface area contributed by atoms with E-state index in [-0.39, 0.29) is 12.0 Å². The monoisotopic (exact) mass is 406 g/mol. The van der Waals surface area contributed by atoms with Gasteiger partial charge in [-0.25, -0.2) is 9.78 Å². The fraction of sp³-hybridized carbons (Fsp3) is 0.333. The van der Waals surface area contributed by atoms with Crippen LogP contribution in [0.5, 0.6) is 0 Å². The van der Waals surface area contributed by atoms with E-state index in [1.807, 2.05) is 24.3 Å². The van der Waals surface area contributed by atoms with E-state index in [1.165, 1.54) is 13.4 Å². The third-order valence-corrected chi connectivity index (χ3v) is 5.50. The van der Waals surface area contributed by atoms with Crippen molar-refractivity contribution in [2.75, 3.05) is 25.2 Å². The Balaban J connectivity index is 1.26. The molecule has 1 aliphatic rings. The molecule has 154 valence electrons. The number of H-pyrrole nitrogens is 1. The number of anilines is 1. The molecule has 0 amide bonds. The first-order valence-corrected chi connectivity index (χ1v) is 9.92. The molecular weight excluding hydrogens is 384 g/mol. The van der Waals surface area contributed by atoms with Gasteiger partial charge < -0.3 is 19.4 Å². The van der Waals surface area contributed by atoms with Gasteiger partial charge in [0.2, 0.25) is 0 Å². The lowest BCUT2D eigenvalue weighted by molar-refractivity contribution is 0.0601. The van der Waals surface area contributed by atoms with Crippen LogP contribution >= 0.6 is 0 Å². The number of fused-ring (bicyclic) bond motifs is 2. The van der Waals surface area contributed by atoms with Crippen LogP contribution in [0.15, 0.2) is 42.9 Å². The SMILES string of the molecule is COC(=O)c1ccc2[nH]c(COCC3CCCN3c3ccnc4ncnn34)cc2c1. The van der Waals surface area contributed by atoms with Crippen molar-refractivity contribution in [2.45, 2.75) is 25.5 Å². The lowest BCUT2D eigenvalue weighted by Crippen LogP contribution is -2.34. The highest BCUT2D eigenvalue weighted by molar-refractivity contribution is 5.94. The van der Waals surface area contributed by atoms with Gasteiger partial charge in [-0.2, -0.15) is 14.6 Å². The van der Waals surface area contributed by atoms with Crippen LogP contribution in [0.3, 0.4) is 0 Å². The highest BCUT2D eigenvalue weighted by atomic mass is 16.5. The minimum atomic E-state index is -0.338. The van der Waals surface area contributed by atoms with Gasteiger partial charge in [-0.15, -0.1) is 0 Å². The largest absolute Gasteiger partial charge is 0.465 e. The zero-order chi connectivity index (χ0) is 20.5. The number of nitrogens with one attached hydrogen (secondary N) is 1. The number of carbonyl (C=O) groups is 1. The molecule has 1 fully saturated rings. The second-order valence-electron chi connectivity index (χ2n) is 7.37. The van der Waals surface area contributed by atoms with Crippen molar-refractivity contribution in [3.63, 3.8) is 0 Å². The summed E-state index contributed by atoms with van der Waals surface area (Å²) in [5.74, 6) is 1.25. The smallest absolute Gasteiger partial charge is 0.337 e. The summed E-state index contributed by atoms with van der Waals surface area (Å²) in [6.07, 6.45) is 5.46. The molecule has 0 bridgehead atoms. The van der Waals surface area contributed by atoms with Gasteiger partial charge in [0.05, 0.1) is 31.9 Å². The number of nitrogens with zero attached hydrogens (tertiary/aromatic N) is 5. The van der Waals surface area contributed by atoms with Crippen molar-refractivity contribution in [1.29, 1.82) is 0 Å². The molecule has 3 aromatic heterocycles. The molecule has 0 radical (unpaired) electrons. The molecule has 1 saturated heterocycles. The molecule has 1 unspecified atom stereocenters. The molecule has 0 spiro atoms. The Bertz CT molecular complexity index is 1200. The Hall–Kier alpha value is -3.46. The number of aromatic nitrogens is 5. The lowest BCUT2D eigenvalue weighted by atomic mass is 10.1. The molecule has 5 rings (SSSR count). The summed E-state index contributed by atoms with van der Waals surface area (Å²) in [6, 6.07) is 9.72. The number of aromatic amines is 1. The summed E-state index contributed by atoms with van der Waals surface area (Å²) >= 11 is 0. The number of benzene rings is 1. The van der Waals surface area contributed by atoms with E-state index < -0.39 is 0 Å². The van der Waals surface area contributed by atoms with Gasteiger partial charge in [0.1, 0.15) is 12.1 Å². The van der Waals surface area contributed by atoms with Crippen LogP contribution in [0.4, 0.5) is 5.82 Å². The van der Waals surface area contributed by atoms with Crippen LogP contribution in [0.1, 0.15) is 28.9 Å². The van der Waals surface area contributed by atoms with E-state index >= 15 is 0 Å². The Morgan fingerprint density at radius 2 is 2.20 bits per heavy atom. The number of ether oxygens (including phenoxy) is 2. The van der Waals surface area contributed by atoms with E-state index in [0.717, 1.165) is 41.8 Å². The molecule has 0 saturated carbocycles. The van der Waals surface area contributed by atoms with E-state index in [1.54, 1.807) is 16.8 Å². The molecule has 0 aliphatic carbocycles. The van der Waals surface area contributed by atoms with Crippen LogP contribution in [0.25, 0.3) is 16.7 Å². The summed E-state index contributed by atoms with van der Waals surface area (Å²) in [6.45, 7) is 2.04. The fourth-order valence-electron chi connectivity index (χ4n) is 4.07. The van der Waals surface area contributed by atoms with Gasteiger partial charge in [0.25, 0.3) is 5.78 Å². The van der Waals surface area contributed by atoms with Gasteiger partial charge in [0.15, 0.2) is 0 Å². The Labute approximate surface area is 172 Å². The Morgan fingerprint density at radius 3 is 3.10 bits per heavy atom. The average Bonchev–Trinajstić information content (AvgIpc) is 3.51. The Morgan fingerprint density at radius 1 is 1.27 bits per heavy atom. The predicted molar refractivity (Wildman–Crippen MR) is 110 cm³/mol. The van der Waals surface area contributed by atoms with E-state index in [2.05, 4.69) is 25.0 Å². The average molecular weight is 406 g/mol. The molecule has 1 N–H and O–H groups in total. The fourth-order valence-corrected chi connectivity index (χ4v) is 4.07. The number of rotatable bonds is 6. The maximum Gasteiger partial charge on any atom is 0.337 e. The van der Waals surface area contributed by atoms with Crippen molar-refractivity contribution >= 4 is 28.5 Å². The summed E-state index contributed by atoms with van der Waals surface area (Å²) in [7, 11) is 1.38. The summed E-state index contributed by atoms with van der Waals surface area (Å²) in [4.78, 5) is 25.8. The van der Waals surface area contributed by atoms with Gasteiger partial charge in [0, 0.05) is 29.3 Å². The minimum absolute atomic E-state index is 0.273. The molecule has 4 aromatic rings. The van der Waals surface area contributed by atoms with Gasteiger partial charge in [-0.05, 0) is 43.2 Å². The summed E-state index contributed by atoms with van der Waals surface area (Å²) in [5.41, 5.74) is 2.48. The summed E-state index contributed by atoms with van der Waals surface area (Å²) < 4.78 is 12.6. The van der Waals surface area contributed by atoms with Crippen LogP contribution < -0.4 is 4.90 Å². The van der Waals surface area contributed by atoms with Crippen LogP contribution in [0.2, 0.25) is 0 Å². The van der Waals surface area contributed by atoms with Crippen LogP contribution in [-0.2, 0) is 16.1 Å². The molecule has 1 aliphatic heterocycles. The van der Waals surface area contributed by atoms with E-state index in [0.29, 0.717) is 24.6 Å². The second-order valence-corrected chi connectivity index (χ2v) is 7.37. The lowest BCUT2D eigenvalue weighted by Gasteiger charge is -2.26.